The summed E-state index contributed by atoms with van der Waals surface area (Å²) in [5.41, 5.74) is 1.49. The van der Waals surface area contributed by atoms with Gasteiger partial charge in [0, 0.05) is 6.54 Å². The fourth-order valence-corrected chi connectivity index (χ4v) is 1.70. The van der Waals surface area contributed by atoms with Crippen LogP contribution in [0.25, 0.3) is 0 Å². The van der Waals surface area contributed by atoms with Gasteiger partial charge in [-0.3, -0.25) is 0 Å². The Balaban J connectivity index is 2.79. The van der Waals surface area contributed by atoms with Crippen LogP contribution in [-0.2, 0) is 5.60 Å². The molecule has 0 spiro atoms. The van der Waals surface area contributed by atoms with Crippen LogP contribution in [0.5, 0.6) is 0 Å². The molecule has 0 saturated heterocycles. The predicted octanol–water partition coefficient (Wildman–Crippen LogP) is 2.63. The molecule has 0 aromatic heterocycles. The monoisotopic (exact) mass is 221 g/mol. The van der Waals surface area contributed by atoms with Crippen LogP contribution in [0.4, 0.5) is 0 Å². The Labute approximate surface area is 98.7 Å². The minimum atomic E-state index is -0.786. The zero-order valence-electron chi connectivity index (χ0n) is 10.7. The first-order chi connectivity index (χ1) is 7.47. The van der Waals surface area contributed by atoms with Crippen molar-refractivity contribution in [3.8, 4) is 0 Å². The lowest BCUT2D eigenvalue weighted by Gasteiger charge is -2.24. The Bertz CT molecular complexity index is 314. The summed E-state index contributed by atoms with van der Waals surface area (Å²) in [6.45, 7) is 9.69. The SMILES string of the molecule is CCNCC(C)(O)c1ccc(C(C)C)cc1. The molecule has 0 amide bonds. The van der Waals surface area contributed by atoms with Gasteiger partial charge in [-0.25, -0.2) is 0 Å². The van der Waals surface area contributed by atoms with Crippen LogP contribution in [0, 0.1) is 0 Å². The van der Waals surface area contributed by atoms with E-state index in [1.165, 1.54) is 5.56 Å². The van der Waals surface area contributed by atoms with Gasteiger partial charge in [0.2, 0.25) is 0 Å². The first-order valence-corrected chi connectivity index (χ1v) is 6.01. The minimum absolute atomic E-state index is 0.535. The second-order valence-electron chi connectivity index (χ2n) is 4.83. The topological polar surface area (TPSA) is 32.3 Å². The lowest BCUT2D eigenvalue weighted by Crippen LogP contribution is -2.35. The average molecular weight is 221 g/mol. The van der Waals surface area contributed by atoms with E-state index in [1.807, 2.05) is 26.0 Å². The molecule has 1 rings (SSSR count). The molecule has 0 heterocycles. The van der Waals surface area contributed by atoms with Gasteiger partial charge in [-0.2, -0.15) is 0 Å². The highest BCUT2D eigenvalue weighted by Gasteiger charge is 2.22. The van der Waals surface area contributed by atoms with E-state index >= 15 is 0 Å². The molecule has 0 radical (unpaired) electrons. The van der Waals surface area contributed by atoms with Gasteiger partial charge in [-0.1, -0.05) is 45.0 Å². The first-order valence-electron chi connectivity index (χ1n) is 6.01. The van der Waals surface area contributed by atoms with Crippen molar-refractivity contribution in [1.82, 2.24) is 5.32 Å². The minimum Gasteiger partial charge on any atom is -0.384 e. The summed E-state index contributed by atoms with van der Waals surface area (Å²) in [5.74, 6) is 0.535. The quantitative estimate of drug-likeness (QED) is 0.801. The van der Waals surface area contributed by atoms with Crippen LogP contribution >= 0.6 is 0 Å². The Morgan fingerprint density at radius 1 is 1.25 bits per heavy atom. The van der Waals surface area contributed by atoms with Crippen molar-refractivity contribution in [2.75, 3.05) is 13.1 Å². The van der Waals surface area contributed by atoms with E-state index in [-0.39, 0.29) is 0 Å². The van der Waals surface area contributed by atoms with E-state index in [0.29, 0.717) is 12.5 Å². The second-order valence-corrected chi connectivity index (χ2v) is 4.83. The lowest BCUT2D eigenvalue weighted by atomic mass is 9.93. The molecule has 0 aliphatic carbocycles. The van der Waals surface area contributed by atoms with Crippen LogP contribution in [0.15, 0.2) is 24.3 Å². The Morgan fingerprint density at radius 2 is 1.81 bits per heavy atom. The smallest absolute Gasteiger partial charge is 0.0992 e. The molecule has 0 saturated carbocycles. The van der Waals surface area contributed by atoms with Crippen molar-refractivity contribution < 1.29 is 5.11 Å². The predicted molar refractivity (Wildman–Crippen MR) is 68.6 cm³/mol. The molecule has 1 atom stereocenters. The molecular weight excluding hydrogens is 198 g/mol. The average Bonchev–Trinajstić information content (AvgIpc) is 2.26. The molecule has 2 heteroatoms. The number of aliphatic hydroxyl groups is 1. The van der Waals surface area contributed by atoms with E-state index in [0.717, 1.165) is 12.1 Å². The van der Waals surface area contributed by atoms with Gasteiger partial charge < -0.3 is 10.4 Å². The standard InChI is InChI=1S/C14H23NO/c1-5-15-10-14(4,16)13-8-6-12(7-9-13)11(2)3/h6-9,11,15-16H,5,10H2,1-4H3. The summed E-state index contributed by atoms with van der Waals surface area (Å²) in [5, 5.41) is 13.5. The normalized spacial score (nSPS) is 15.1. The molecule has 16 heavy (non-hydrogen) atoms. The third kappa shape index (κ3) is 3.32. The highest BCUT2D eigenvalue weighted by Crippen LogP contribution is 2.22. The van der Waals surface area contributed by atoms with Crippen molar-refractivity contribution in [2.45, 2.75) is 39.2 Å². The van der Waals surface area contributed by atoms with E-state index in [1.54, 1.807) is 0 Å². The zero-order valence-corrected chi connectivity index (χ0v) is 10.7. The fourth-order valence-electron chi connectivity index (χ4n) is 1.70. The molecule has 90 valence electrons. The molecular formula is C14H23NO. The van der Waals surface area contributed by atoms with E-state index in [2.05, 4.69) is 31.3 Å². The van der Waals surface area contributed by atoms with Crippen LogP contribution in [0.3, 0.4) is 0 Å². The van der Waals surface area contributed by atoms with Crippen LogP contribution in [0.2, 0.25) is 0 Å². The van der Waals surface area contributed by atoms with Crippen molar-refractivity contribution in [2.24, 2.45) is 0 Å². The van der Waals surface area contributed by atoms with Crippen LogP contribution in [-0.4, -0.2) is 18.2 Å². The molecule has 0 aliphatic heterocycles. The van der Waals surface area contributed by atoms with Gasteiger partial charge in [-0.15, -0.1) is 0 Å². The van der Waals surface area contributed by atoms with Crippen LogP contribution in [0.1, 0.15) is 44.7 Å². The molecule has 0 fully saturated rings. The number of rotatable bonds is 5. The summed E-state index contributed by atoms with van der Waals surface area (Å²) < 4.78 is 0. The molecule has 2 nitrogen and oxygen atoms in total. The number of hydrogen-bond donors (Lipinski definition) is 2. The number of likely N-dealkylation sites (N-methyl/N-ethyl adjacent to an activating group) is 1. The van der Waals surface area contributed by atoms with Gasteiger partial charge in [0.1, 0.15) is 0 Å². The summed E-state index contributed by atoms with van der Waals surface area (Å²) in [6, 6.07) is 8.24. The maximum atomic E-state index is 10.3. The van der Waals surface area contributed by atoms with Gasteiger partial charge in [0.15, 0.2) is 0 Å². The molecule has 0 bridgehead atoms. The number of benzene rings is 1. The Hall–Kier alpha value is -0.860. The number of hydrogen-bond acceptors (Lipinski definition) is 2. The Kier molecular flexibility index (Phi) is 4.51. The fraction of sp³-hybridized carbons (Fsp3) is 0.571. The van der Waals surface area contributed by atoms with Crippen molar-refractivity contribution >= 4 is 0 Å². The first kappa shape index (κ1) is 13.2. The molecule has 1 unspecified atom stereocenters. The maximum absolute atomic E-state index is 10.3. The highest BCUT2D eigenvalue weighted by atomic mass is 16.3. The summed E-state index contributed by atoms with van der Waals surface area (Å²) in [7, 11) is 0. The summed E-state index contributed by atoms with van der Waals surface area (Å²) in [4.78, 5) is 0. The van der Waals surface area contributed by atoms with Gasteiger partial charge in [-0.05, 0) is 30.5 Å². The lowest BCUT2D eigenvalue weighted by molar-refractivity contribution is 0.0576. The third-order valence-electron chi connectivity index (χ3n) is 2.92. The van der Waals surface area contributed by atoms with Crippen molar-refractivity contribution in [1.29, 1.82) is 0 Å². The van der Waals surface area contributed by atoms with Crippen LogP contribution < -0.4 is 5.32 Å². The summed E-state index contributed by atoms with van der Waals surface area (Å²) in [6.07, 6.45) is 0. The summed E-state index contributed by atoms with van der Waals surface area (Å²) >= 11 is 0. The largest absolute Gasteiger partial charge is 0.384 e. The van der Waals surface area contributed by atoms with E-state index in [4.69, 9.17) is 0 Å². The van der Waals surface area contributed by atoms with Gasteiger partial charge >= 0.3 is 0 Å². The Morgan fingerprint density at radius 3 is 2.25 bits per heavy atom. The number of nitrogens with one attached hydrogen (secondary N) is 1. The molecule has 1 aromatic carbocycles. The second kappa shape index (κ2) is 5.46. The molecule has 2 N–H and O–H groups in total. The van der Waals surface area contributed by atoms with E-state index < -0.39 is 5.60 Å². The van der Waals surface area contributed by atoms with E-state index in [9.17, 15) is 5.11 Å². The highest BCUT2D eigenvalue weighted by molar-refractivity contribution is 5.28. The van der Waals surface area contributed by atoms with Crippen molar-refractivity contribution in [3.05, 3.63) is 35.4 Å². The van der Waals surface area contributed by atoms with Crippen molar-refractivity contribution in [3.63, 3.8) is 0 Å². The molecule has 0 aliphatic rings. The zero-order chi connectivity index (χ0) is 12.2. The van der Waals surface area contributed by atoms with Gasteiger partial charge in [0.05, 0.1) is 5.60 Å². The third-order valence-corrected chi connectivity index (χ3v) is 2.92. The molecule has 1 aromatic rings. The maximum Gasteiger partial charge on any atom is 0.0992 e. The van der Waals surface area contributed by atoms with Gasteiger partial charge in [0.25, 0.3) is 0 Å².